The Kier molecular flexibility index (Phi) is 8.82. The maximum absolute atomic E-state index is 5.88. The molecule has 1 fully saturated rings. The third-order valence-corrected chi connectivity index (χ3v) is 6.03. The van der Waals surface area contributed by atoms with E-state index in [9.17, 15) is 0 Å². The molecule has 1 saturated heterocycles. The van der Waals surface area contributed by atoms with Crippen LogP contribution in [0.2, 0.25) is 0 Å². The van der Waals surface area contributed by atoms with Crippen LogP contribution in [0.5, 0.6) is 11.5 Å². The molecule has 182 valence electrons. The van der Waals surface area contributed by atoms with Crippen LogP contribution in [0.1, 0.15) is 25.3 Å². The van der Waals surface area contributed by atoms with E-state index >= 15 is 0 Å². The minimum atomic E-state index is 0.488. The summed E-state index contributed by atoms with van der Waals surface area (Å²) in [5, 5.41) is 7.42. The maximum atomic E-state index is 5.88. The number of aromatic amines is 1. The fourth-order valence-corrected chi connectivity index (χ4v) is 4.09. The predicted octanol–water partition coefficient (Wildman–Crippen LogP) is 4.60. The van der Waals surface area contributed by atoms with E-state index in [2.05, 4.69) is 58.2 Å². The number of unbranched alkanes of at least 4 members (excludes halogenated alkanes) is 1. The van der Waals surface area contributed by atoms with Crippen LogP contribution in [-0.4, -0.2) is 68.2 Å². The van der Waals surface area contributed by atoms with Crippen LogP contribution in [0.25, 0.3) is 11.3 Å². The van der Waals surface area contributed by atoms with Crippen molar-refractivity contribution in [1.82, 2.24) is 15.1 Å². The third kappa shape index (κ3) is 6.74. The molecule has 4 rings (SSSR count). The third-order valence-electron chi connectivity index (χ3n) is 6.03. The predicted molar refractivity (Wildman–Crippen MR) is 136 cm³/mol. The molecule has 7 heteroatoms. The fraction of sp³-hybridized carbons (Fsp3) is 0.444. The molecule has 1 aliphatic heterocycles. The first-order chi connectivity index (χ1) is 16.7. The van der Waals surface area contributed by atoms with E-state index in [-0.39, 0.29) is 0 Å². The Morgan fingerprint density at radius 3 is 2.26 bits per heavy atom. The molecule has 1 aliphatic rings. The van der Waals surface area contributed by atoms with Crippen molar-refractivity contribution in [3.05, 3.63) is 60.3 Å². The zero-order valence-corrected chi connectivity index (χ0v) is 20.3. The maximum Gasteiger partial charge on any atom is 0.122 e. The van der Waals surface area contributed by atoms with E-state index in [1.807, 2.05) is 30.5 Å². The Balaban J connectivity index is 1.22. The zero-order valence-electron chi connectivity index (χ0n) is 20.3. The number of nitrogens with one attached hydrogen (secondary N) is 1. The fourth-order valence-electron chi connectivity index (χ4n) is 4.09. The molecule has 2 heterocycles. The van der Waals surface area contributed by atoms with Crippen molar-refractivity contribution < 1.29 is 14.2 Å². The first-order valence-corrected chi connectivity index (χ1v) is 12.2. The van der Waals surface area contributed by atoms with Crippen molar-refractivity contribution in [2.45, 2.75) is 26.3 Å². The van der Waals surface area contributed by atoms with Crippen molar-refractivity contribution in [3.8, 4) is 22.8 Å². The number of H-pyrrole nitrogens is 1. The number of ether oxygens (including phenoxy) is 3. The van der Waals surface area contributed by atoms with E-state index in [0.29, 0.717) is 13.2 Å². The molecule has 0 radical (unpaired) electrons. The van der Waals surface area contributed by atoms with Gasteiger partial charge in [0.2, 0.25) is 0 Å². The van der Waals surface area contributed by atoms with Gasteiger partial charge in [0.25, 0.3) is 0 Å². The van der Waals surface area contributed by atoms with Crippen LogP contribution in [0.15, 0.2) is 54.7 Å². The summed E-state index contributed by atoms with van der Waals surface area (Å²) in [5.74, 6) is 1.68. The summed E-state index contributed by atoms with van der Waals surface area (Å²) in [6, 6.07) is 16.4. The van der Waals surface area contributed by atoms with Crippen LogP contribution >= 0.6 is 0 Å². The summed E-state index contributed by atoms with van der Waals surface area (Å²) in [6.45, 7) is 8.62. The smallest absolute Gasteiger partial charge is 0.122 e. The molecule has 0 amide bonds. The lowest BCUT2D eigenvalue weighted by molar-refractivity contribution is 0.122. The second kappa shape index (κ2) is 12.4. The van der Waals surface area contributed by atoms with Gasteiger partial charge in [0.1, 0.15) is 24.7 Å². The second-order valence-corrected chi connectivity index (χ2v) is 8.68. The molecular weight excluding hydrogens is 428 g/mol. The molecule has 34 heavy (non-hydrogen) atoms. The van der Waals surface area contributed by atoms with Gasteiger partial charge in [0.05, 0.1) is 25.1 Å². The topological polar surface area (TPSA) is 62.9 Å². The Bertz CT molecular complexity index is 982. The van der Waals surface area contributed by atoms with Crippen LogP contribution in [-0.2, 0) is 11.3 Å². The first-order valence-electron chi connectivity index (χ1n) is 12.2. The van der Waals surface area contributed by atoms with Crippen molar-refractivity contribution >= 4 is 5.69 Å². The number of benzene rings is 2. The standard InChI is InChI=1S/C27H36N4O3/c1-3-4-13-30(2)21-23-20-28-29-27(23)22-5-9-25(10-6-22)33-18-19-34-26-11-7-24(8-12-26)31-14-16-32-17-15-31/h5-12,20H,3-4,13-19,21H2,1-2H3,(H,28,29). The van der Waals surface area contributed by atoms with E-state index in [0.717, 1.165) is 62.1 Å². The monoisotopic (exact) mass is 464 g/mol. The molecule has 0 aliphatic carbocycles. The Morgan fingerprint density at radius 2 is 1.62 bits per heavy atom. The molecule has 0 bridgehead atoms. The van der Waals surface area contributed by atoms with Gasteiger partial charge in [-0.25, -0.2) is 0 Å². The molecule has 0 spiro atoms. The van der Waals surface area contributed by atoms with E-state index in [1.54, 1.807) is 0 Å². The number of aromatic nitrogens is 2. The summed E-state index contributed by atoms with van der Waals surface area (Å²) < 4.78 is 17.1. The average molecular weight is 465 g/mol. The number of morpholine rings is 1. The molecule has 7 nitrogen and oxygen atoms in total. The highest BCUT2D eigenvalue weighted by molar-refractivity contribution is 5.63. The van der Waals surface area contributed by atoms with Crippen molar-refractivity contribution in [3.63, 3.8) is 0 Å². The van der Waals surface area contributed by atoms with E-state index in [1.165, 1.54) is 24.1 Å². The van der Waals surface area contributed by atoms with Gasteiger partial charge in [-0.15, -0.1) is 0 Å². The highest BCUT2D eigenvalue weighted by Gasteiger charge is 2.12. The Morgan fingerprint density at radius 1 is 0.971 bits per heavy atom. The largest absolute Gasteiger partial charge is 0.490 e. The van der Waals surface area contributed by atoms with Crippen LogP contribution in [0, 0.1) is 0 Å². The zero-order chi connectivity index (χ0) is 23.6. The number of hydrogen-bond donors (Lipinski definition) is 1. The van der Waals surface area contributed by atoms with Gasteiger partial charge in [0, 0.05) is 36.4 Å². The lowest BCUT2D eigenvalue weighted by Gasteiger charge is -2.28. The van der Waals surface area contributed by atoms with Gasteiger partial charge in [-0.3, -0.25) is 5.10 Å². The SMILES string of the molecule is CCCCN(C)Cc1cn[nH]c1-c1ccc(OCCOc2ccc(N3CCOCC3)cc2)cc1. The highest BCUT2D eigenvalue weighted by Crippen LogP contribution is 2.25. The number of rotatable bonds is 12. The van der Waals surface area contributed by atoms with E-state index < -0.39 is 0 Å². The molecule has 0 saturated carbocycles. The van der Waals surface area contributed by atoms with E-state index in [4.69, 9.17) is 14.2 Å². The minimum absolute atomic E-state index is 0.488. The van der Waals surface area contributed by atoms with Gasteiger partial charge < -0.3 is 24.0 Å². The highest BCUT2D eigenvalue weighted by atomic mass is 16.5. The number of hydrogen-bond acceptors (Lipinski definition) is 6. The summed E-state index contributed by atoms with van der Waals surface area (Å²) in [5.41, 5.74) is 4.60. The van der Waals surface area contributed by atoms with Gasteiger partial charge in [-0.1, -0.05) is 13.3 Å². The molecular formula is C27H36N4O3. The molecule has 3 aromatic rings. The van der Waals surface area contributed by atoms with Crippen LogP contribution in [0.3, 0.4) is 0 Å². The van der Waals surface area contributed by atoms with Crippen LogP contribution < -0.4 is 14.4 Å². The number of nitrogens with zero attached hydrogens (tertiary/aromatic N) is 3. The summed E-state index contributed by atoms with van der Waals surface area (Å²) in [4.78, 5) is 4.67. The minimum Gasteiger partial charge on any atom is -0.490 e. The molecule has 1 aromatic heterocycles. The van der Waals surface area contributed by atoms with Gasteiger partial charge in [-0.05, 0) is 68.5 Å². The van der Waals surface area contributed by atoms with Gasteiger partial charge in [-0.2, -0.15) is 5.10 Å². The summed E-state index contributed by atoms with van der Waals surface area (Å²) in [6.07, 6.45) is 4.34. The first kappa shape index (κ1) is 24.1. The second-order valence-electron chi connectivity index (χ2n) is 8.68. The summed E-state index contributed by atoms with van der Waals surface area (Å²) in [7, 11) is 2.16. The molecule has 0 unspecified atom stereocenters. The van der Waals surface area contributed by atoms with Crippen molar-refractivity contribution in [1.29, 1.82) is 0 Å². The molecule has 1 N–H and O–H groups in total. The van der Waals surface area contributed by atoms with Crippen molar-refractivity contribution in [2.75, 3.05) is 58.0 Å². The normalized spacial score (nSPS) is 13.9. The molecule has 0 atom stereocenters. The Labute approximate surface area is 202 Å². The van der Waals surface area contributed by atoms with Crippen LogP contribution in [0.4, 0.5) is 5.69 Å². The van der Waals surface area contributed by atoms with Crippen molar-refractivity contribution in [2.24, 2.45) is 0 Å². The van der Waals surface area contributed by atoms with Gasteiger partial charge in [0.15, 0.2) is 0 Å². The number of anilines is 1. The average Bonchev–Trinajstić information content (AvgIpc) is 3.34. The quantitative estimate of drug-likeness (QED) is 0.395. The lowest BCUT2D eigenvalue weighted by atomic mass is 10.1. The Hall–Kier alpha value is -3.03. The lowest BCUT2D eigenvalue weighted by Crippen LogP contribution is -2.36. The van der Waals surface area contributed by atoms with Gasteiger partial charge >= 0.3 is 0 Å². The summed E-state index contributed by atoms with van der Waals surface area (Å²) >= 11 is 0. The molecule has 2 aromatic carbocycles.